The summed E-state index contributed by atoms with van der Waals surface area (Å²) in [5.41, 5.74) is 1.46. The van der Waals surface area contributed by atoms with E-state index in [1.54, 1.807) is 0 Å². The number of sulfonamides is 1. The lowest BCUT2D eigenvalue weighted by atomic mass is 10.3. The number of rotatable bonds is 3. The Labute approximate surface area is 106 Å². The van der Waals surface area contributed by atoms with E-state index in [0.29, 0.717) is 0 Å². The molecule has 0 saturated heterocycles. The number of anilines is 1. The fourth-order valence-electron chi connectivity index (χ4n) is 1.15. The molecule has 0 aliphatic heterocycles. The molecule has 8 heteroatoms. The van der Waals surface area contributed by atoms with Crippen molar-refractivity contribution in [2.45, 2.75) is 4.90 Å². The molecule has 2 aromatic rings. The van der Waals surface area contributed by atoms with E-state index < -0.39 is 20.7 Å². The Bertz CT molecular complexity index is 628. The summed E-state index contributed by atoms with van der Waals surface area (Å²) in [5, 5.41) is 1.26. The summed E-state index contributed by atoms with van der Waals surface area (Å²) >= 11 is 6.75. The topological polar surface area (TPSA) is 59.1 Å². The van der Waals surface area contributed by atoms with Gasteiger partial charge in [-0.25, -0.2) is 17.8 Å². The van der Waals surface area contributed by atoms with E-state index in [2.05, 4.69) is 9.71 Å². The SMILES string of the molecule is O=S(=O)(Nc1cscn1)c1cccc(Cl)c1F. The highest BCUT2D eigenvalue weighted by Crippen LogP contribution is 2.23. The van der Waals surface area contributed by atoms with Gasteiger partial charge >= 0.3 is 0 Å². The molecule has 1 aromatic carbocycles. The quantitative estimate of drug-likeness (QED) is 0.946. The third-order valence-electron chi connectivity index (χ3n) is 1.88. The minimum Gasteiger partial charge on any atom is -0.263 e. The molecule has 2 rings (SSSR count). The van der Waals surface area contributed by atoms with Crippen LogP contribution in [0.4, 0.5) is 10.2 Å². The van der Waals surface area contributed by atoms with E-state index >= 15 is 0 Å². The fraction of sp³-hybridized carbons (Fsp3) is 0. The van der Waals surface area contributed by atoms with E-state index in [-0.39, 0.29) is 10.8 Å². The first-order valence-electron chi connectivity index (χ1n) is 4.36. The maximum atomic E-state index is 13.6. The number of hydrogen-bond donors (Lipinski definition) is 1. The van der Waals surface area contributed by atoms with Crippen LogP contribution in [0.3, 0.4) is 0 Å². The van der Waals surface area contributed by atoms with Crippen molar-refractivity contribution < 1.29 is 12.8 Å². The van der Waals surface area contributed by atoms with Gasteiger partial charge in [0.1, 0.15) is 4.90 Å². The zero-order valence-electron chi connectivity index (χ0n) is 8.22. The fourth-order valence-corrected chi connectivity index (χ4v) is 3.04. The second-order valence-electron chi connectivity index (χ2n) is 3.03. The molecule has 0 amide bonds. The molecule has 0 saturated carbocycles. The van der Waals surface area contributed by atoms with E-state index in [1.807, 2.05) is 0 Å². The summed E-state index contributed by atoms with van der Waals surface area (Å²) in [6, 6.07) is 3.77. The van der Waals surface area contributed by atoms with Gasteiger partial charge < -0.3 is 0 Å². The lowest BCUT2D eigenvalue weighted by molar-refractivity contribution is 0.570. The molecule has 0 atom stereocenters. The summed E-state index contributed by atoms with van der Waals surface area (Å²) < 4.78 is 39.4. The highest BCUT2D eigenvalue weighted by molar-refractivity contribution is 7.92. The molecule has 0 aliphatic carbocycles. The molecule has 1 N–H and O–H groups in total. The zero-order valence-corrected chi connectivity index (χ0v) is 10.6. The first-order valence-corrected chi connectivity index (χ1v) is 7.16. The first kappa shape index (κ1) is 12.3. The molecule has 0 unspecified atom stereocenters. The molecule has 1 heterocycles. The largest absolute Gasteiger partial charge is 0.266 e. The van der Waals surface area contributed by atoms with E-state index in [4.69, 9.17) is 11.6 Å². The number of nitrogens with zero attached hydrogens (tertiary/aromatic N) is 1. The Morgan fingerprint density at radius 3 is 2.82 bits per heavy atom. The van der Waals surface area contributed by atoms with Gasteiger partial charge in [0.25, 0.3) is 10.0 Å². The van der Waals surface area contributed by atoms with E-state index in [1.165, 1.54) is 34.4 Å². The number of halogens is 2. The van der Waals surface area contributed by atoms with Crippen LogP contribution in [0.15, 0.2) is 34.0 Å². The van der Waals surface area contributed by atoms with Gasteiger partial charge in [-0.15, -0.1) is 11.3 Å². The van der Waals surface area contributed by atoms with Crippen LogP contribution in [0.2, 0.25) is 5.02 Å². The third-order valence-corrected chi connectivity index (χ3v) is 4.13. The van der Waals surface area contributed by atoms with Crippen LogP contribution < -0.4 is 4.72 Å². The van der Waals surface area contributed by atoms with Crippen molar-refractivity contribution in [3.8, 4) is 0 Å². The van der Waals surface area contributed by atoms with Crippen molar-refractivity contribution in [3.63, 3.8) is 0 Å². The summed E-state index contributed by atoms with van der Waals surface area (Å²) in [6.07, 6.45) is 0. The molecule has 17 heavy (non-hydrogen) atoms. The second-order valence-corrected chi connectivity index (χ2v) is 5.81. The molecule has 4 nitrogen and oxygen atoms in total. The predicted octanol–water partition coefficient (Wildman–Crippen LogP) is 2.74. The average molecular weight is 293 g/mol. The first-order chi connectivity index (χ1) is 8.00. The van der Waals surface area contributed by atoms with Gasteiger partial charge in [0.15, 0.2) is 11.6 Å². The Morgan fingerprint density at radius 2 is 2.18 bits per heavy atom. The minimum absolute atomic E-state index is 0.148. The molecule has 1 aromatic heterocycles. The molecule has 90 valence electrons. The van der Waals surface area contributed by atoms with Crippen LogP contribution >= 0.6 is 22.9 Å². The van der Waals surface area contributed by atoms with Crippen molar-refractivity contribution in [3.05, 3.63) is 39.9 Å². The van der Waals surface area contributed by atoms with E-state index in [0.717, 1.165) is 6.07 Å². The lowest BCUT2D eigenvalue weighted by Crippen LogP contribution is -2.14. The summed E-state index contributed by atoms with van der Waals surface area (Å²) in [5.74, 6) is -0.828. The van der Waals surface area contributed by atoms with Crippen molar-refractivity contribution >= 4 is 38.8 Å². The van der Waals surface area contributed by atoms with Gasteiger partial charge in [-0.05, 0) is 12.1 Å². The van der Waals surface area contributed by atoms with Crippen LogP contribution in [0.5, 0.6) is 0 Å². The molecular formula is C9H6ClFN2O2S2. The molecule has 0 fully saturated rings. The summed E-state index contributed by atoms with van der Waals surface area (Å²) in [4.78, 5) is 3.25. The standard InChI is InChI=1S/C9H6ClFN2O2S2/c10-6-2-1-3-7(9(6)11)17(14,15)13-8-4-16-5-12-8/h1-5,13H. The van der Waals surface area contributed by atoms with Crippen LogP contribution in [0.1, 0.15) is 0 Å². The van der Waals surface area contributed by atoms with Crippen molar-refractivity contribution in [1.82, 2.24) is 4.98 Å². The predicted molar refractivity (Wildman–Crippen MR) is 64.3 cm³/mol. The van der Waals surface area contributed by atoms with Gasteiger partial charge in [0, 0.05) is 5.38 Å². The van der Waals surface area contributed by atoms with Crippen LogP contribution in [0, 0.1) is 5.82 Å². The highest BCUT2D eigenvalue weighted by atomic mass is 35.5. The normalized spacial score (nSPS) is 11.4. The monoisotopic (exact) mass is 292 g/mol. The number of nitrogens with one attached hydrogen (secondary N) is 1. The van der Waals surface area contributed by atoms with Gasteiger partial charge in [-0.2, -0.15) is 0 Å². The number of benzene rings is 1. The van der Waals surface area contributed by atoms with Crippen molar-refractivity contribution in [2.75, 3.05) is 4.72 Å². The number of hydrogen-bond acceptors (Lipinski definition) is 4. The molecular weight excluding hydrogens is 287 g/mol. The Hall–Kier alpha value is -1.18. The maximum absolute atomic E-state index is 13.6. The van der Waals surface area contributed by atoms with Gasteiger partial charge in [0.2, 0.25) is 0 Å². The second kappa shape index (κ2) is 4.59. The Kier molecular flexibility index (Phi) is 3.32. The Balaban J connectivity index is 2.42. The molecule has 0 spiro atoms. The van der Waals surface area contributed by atoms with Crippen LogP contribution in [-0.4, -0.2) is 13.4 Å². The number of aromatic nitrogens is 1. The molecule has 0 radical (unpaired) electrons. The summed E-state index contributed by atoms with van der Waals surface area (Å²) in [7, 11) is -4.00. The van der Waals surface area contributed by atoms with Crippen LogP contribution in [0.25, 0.3) is 0 Å². The number of thiazole rings is 1. The van der Waals surface area contributed by atoms with Crippen LogP contribution in [-0.2, 0) is 10.0 Å². The summed E-state index contributed by atoms with van der Waals surface area (Å²) in [6.45, 7) is 0. The van der Waals surface area contributed by atoms with Gasteiger partial charge in [0.05, 0.1) is 10.5 Å². The zero-order chi connectivity index (χ0) is 12.5. The Morgan fingerprint density at radius 1 is 1.41 bits per heavy atom. The van der Waals surface area contributed by atoms with Gasteiger partial charge in [-0.3, -0.25) is 4.72 Å². The molecule has 0 aliphatic rings. The van der Waals surface area contributed by atoms with Crippen molar-refractivity contribution in [2.24, 2.45) is 0 Å². The highest BCUT2D eigenvalue weighted by Gasteiger charge is 2.21. The maximum Gasteiger partial charge on any atom is 0.266 e. The van der Waals surface area contributed by atoms with E-state index in [9.17, 15) is 12.8 Å². The smallest absolute Gasteiger partial charge is 0.263 e. The van der Waals surface area contributed by atoms with Crippen molar-refractivity contribution in [1.29, 1.82) is 0 Å². The third kappa shape index (κ3) is 2.56. The minimum atomic E-state index is -4.00. The average Bonchev–Trinajstić information content (AvgIpc) is 2.73. The van der Waals surface area contributed by atoms with Gasteiger partial charge in [-0.1, -0.05) is 17.7 Å². The lowest BCUT2D eigenvalue weighted by Gasteiger charge is -2.06. The molecule has 0 bridgehead atoms.